The van der Waals surface area contributed by atoms with Crippen LogP contribution in [0.1, 0.15) is 226 Å². The Morgan fingerprint density at radius 3 is 0.765 bits per heavy atom. The summed E-state index contributed by atoms with van der Waals surface area (Å²) in [4.78, 5) is 38.3. The van der Waals surface area contributed by atoms with Crippen molar-refractivity contribution >= 4 is 17.9 Å². The molecule has 81 heavy (non-hydrogen) atoms. The fraction of sp³-hybridized carbons (Fsp3) is 0.507. The normalized spacial score (nSPS) is 13.6. The van der Waals surface area contributed by atoms with Gasteiger partial charge in [0.15, 0.2) is 6.10 Å². The molecule has 1 atom stereocenters. The van der Waals surface area contributed by atoms with Crippen LogP contribution in [0.3, 0.4) is 0 Å². The number of allylic oxidation sites excluding steroid dienone is 34. The molecule has 0 aromatic heterocycles. The van der Waals surface area contributed by atoms with Gasteiger partial charge >= 0.3 is 17.9 Å². The fourth-order valence-corrected chi connectivity index (χ4v) is 7.66. The molecule has 0 aliphatic rings. The fourth-order valence-electron chi connectivity index (χ4n) is 7.66. The molecule has 0 heterocycles. The summed E-state index contributed by atoms with van der Waals surface area (Å²) in [7, 11) is 0. The van der Waals surface area contributed by atoms with Crippen LogP contribution in [0, 0.1) is 0 Å². The highest BCUT2D eigenvalue weighted by Gasteiger charge is 2.19. The van der Waals surface area contributed by atoms with Gasteiger partial charge in [0.2, 0.25) is 0 Å². The number of unbranched alkanes of at least 4 members (excludes halogenated alkanes) is 9. The Balaban J connectivity index is 4.61. The smallest absolute Gasteiger partial charge is 0.306 e. The third-order valence-corrected chi connectivity index (χ3v) is 12.3. The maximum Gasteiger partial charge on any atom is 0.306 e. The van der Waals surface area contributed by atoms with E-state index < -0.39 is 6.10 Å². The van der Waals surface area contributed by atoms with Gasteiger partial charge < -0.3 is 14.2 Å². The van der Waals surface area contributed by atoms with Crippen LogP contribution in [0.2, 0.25) is 0 Å². The molecule has 1 unspecified atom stereocenters. The minimum absolute atomic E-state index is 0.134. The van der Waals surface area contributed by atoms with Crippen LogP contribution < -0.4 is 0 Å². The number of esters is 3. The lowest BCUT2D eigenvalue weighted by atomic mass is 10.1. The largest absolute Gasteiger partial charge is 0.462 e. The third kappa shape index (κ3) is 64.7. The summed E-state index contributed by atoms with van der Waals surface area (Å²) < 4.78 is 16.8. The number of rotatable bonds is 54. The summed E-state index contributed by atoms with van der Waals surface area (Å²) in [5.41, 5.74) is 0. The Labute approximate surface area is 496 Å². The molecule has 6 heteroatoms. The van der Waals surface area contributed by atoms with E-state index in [4.69, 9.17) is 14.2 Å². The van der Waals surface area contributed by atoms with Crippen molar-refractivity contribution < 1.29 is 28.6 Å². The molecule has 0 fully saturated rings. The summed E-state index contributed by atoms with van der Waals surface area (Å²) in [5.74, 6) is -1.06. The average molecular weight is 1110 g/mol. The second kappa shape index (κ2) is 66.5. The summed E-state index contributed by atoms with van der Waals surface area (Å²) in [6.45, 7) is 6.18. The van der Waals surface area contributed by atoms with Crippen LogP contribution in [-0.4, -0.2) is 37.2 Å². The standard InChI is InChI=1S/C75H112O6/c1-4-7-10-13-16-19-22-25-28-31-33-35-36-37-38-40-41-44-47-50-53-56-59-62-65-68-74(77)80-71-72(70-79-73(76)67-64-61-58-55-52-49-46-43-30-27-24-21-18-15-12-9-6-3)81-75(78)69-66-63-60-57-54-51-48-45-42-39-34-32-29-26-23-20-17-14-11-8-5-2/h7-12,16-21,25-30,33-35,37-39,41,44-46,48-49,54-55,57-58,72H,4-6,13-15,22-24,31-32,36,40,42-43,47,50-53,56,59-71H2,1-3H3/b10-7-,11-8-,12-9-,19-16-,20-17-,21-18-,28-25-,29-26-,30-27-,35-33-,38-37-,39-34-,44-41-,48-45-,49-46-,57-54-,58-55-. The summed E-state index contributed by atoms with van der Waals surface area (Å²) in [6.07, 6.45) is 103. The van der Waals surface area contributed by atoms with E-state index in [9.17, 15) is 14.4 Å². The first-order chi connectivity index (χ1) is 40.0. The van der Waals surface area contributed by atoms with Crippen molar-refractivity contribution in [2.24, 2.45) is 0 Å². The molecular formula is C75H112O6. The lowest BCUT2D eigenvalue weighted by molar-refractivity contribution is -0.167. The zero-order chi connectivity index (χ0) is 58.5. The summed E-state index contributed by atoms with van der Waals surface area (Å²) >= 11 is 0. The number of ether oxygens (including phenoxy) is 3. The number of carbonyl (C=O) groups is 3. The molecule has 0 aromatic rings. The molecular weight excluding hydrogens is 997 g/mol. The number of hydrogen-bond acceptors (Lipinski definition) is 6. The Morgan fingerprint density at radius 1 is 0.247 bits per heavy atom. The van der Waals surface area contributed by atoms with E-state index in [1.165, 1.54) is 12.8 Å². The maximum atomic E-state index is 12.9. The van der Waals surface area contributed by atoms with Crippen molar-refractivity contribution in [2.45, 2.75) is 232 Å². The molecule has 0 aliphatic carbocycles. The number of carbonyl (C=O) groups excluding carboxylic acids is 3. The molecule has 0 saturated carbocycles. The predicted molar refractivity (Wildman–Crippen MR) is 352 cm³/mol. The van der Waals surface area contributed by atoms with Gasteiger partial charge in [-0.25, -0.2) is 0 Å². The topological polar surface area (TPSA) is 78.9 Å². The van der Waals surface area contributed by atoms with Crippen molar-refractivity contribution in [1.82, 2.24) is 0 Å². The lowest BCUT2D eigenvalue weighted by Gasteiger charge is -2.18. The van der Waals surface area contributed by atoms with E-state index in [-0.39, 0.29) is 44.0 Å². The van der Waals surface area contributed by atoms with E-state index >= 15 is 0 Å². The van der Waals surface area contributed by atoms with Crippen molar-refractivity contribution in [3.8, 4) is 0 Å². The Hall–Kier alpha value is -6.01. The van der Waals surface area contributed by atoms with E-state index in [0.29, 0.717) is 19.3 Å². The van der Waals surface area contributed by atoms with Gasteiger partial charge in [-0.15, -0.1) is 0 Å². The Morgan fingerprint density at radius 2 is 0.457 bits per heavy atom. The van der Waals surface area contributed by atoms with Gasteiger partial charge in [0, 0.05) is 19.3 Å². The van der Waals surface area contributed by atoms with Crippen LogP contribution >= 0.6 is 0 Å². The zero-order valence-corrected chi connectivity index (χ0v) is 51.2. The SMILES string of the molecule is CC/C=C\C/C=C\C/C=C\C/C=C\C/C=C\C/C=C\CCCCCCCCC(=O)OCC(COC(=O)CCC/C=C\C/C=C\C/C=C\C/C=C\C/C=C\CC)OC(=O)CCCC/C=C\C/C=C\C/C=C\C/C=C\C/C=C\C/C=C\CC. The minimum Gasteiger partial charge on any atom is -0.462 e. The second-order valence-electron chi connectivity index (χ2n) is 19.8. The lowest BCUT2D eigenvalue weighted by Crippen LogP contribution is -2.30. The van der Waals surface area contributed by atoms with E-state index in [1.54, 1.807) is 0 Å². The van der Waals surface area contributed by atoms with Crippen LogP contribution in [0.4, 0.5) is 0 Å². The van der Waals surface area contributed by atoms with Gasteiger partial charge in [0.05, 0.1) is 0 Å². The third-order valence-electron chi connectivity index (χ3n) is 12.3. The highest BCUT2D eigenvalue weighted by Crippen LogP contribution is 2.12. The molecule has 0 aromatic carbocycles. The molecule has 0 N–H and O–H groups in total. The summed E-state index contributed by atoms with van der Waals surface area (Å²) in [6, 6.07) is 0. The van der Waals surface area contributed by atoms with E-state index in [2.05, 4.69) is 227 Å². The van der Waals surface area contributed by atoms with Crippen molar-refractivity contribution in [2.75, 3.05) is 13.2 Å². The molecule has 6 nitrogen and oxygen atoms in total. The quantitative estimate of drug-likeness (QED) is 0.0261. The highest BCUT2D eigenvalue weighted by atomic mass is 16.6. The van der Waals surface area contributed by atoms with Gasteiger partial charge in [0.1, 0.15) is 13.2 Å². The molecule has 0 bridgehead atoms. The van der Waals surface area contributed by atoms with Crippen molar-refractivity contribution in [3.63, 3.8) is 0 Å². The summed E-state index contributed by atoms with van der Waals surface area (Å²) in [5, 5.41) is 0. The van der Waals surface area contributed by atoms with Crippen LogP contribution in [0.5, 0.6) is 0 Å². The van der Waals surface area contributed by atoms with Crippen molar-refractivity contribution in [1.29, 1.82) is 0 Å². The highest BCUT2D eigenvalue weighted by molar-refractivity contribution is 5.71. The molecule has 0 rings (SSSR count). The molecule has 0 radical (unpaired) electrons. The molecule has 0 spiro atoms. The first kappa shape index (κ1) is 75.0. The Bertz CT molecular complexity index is 2000. The van der Waals surface area contributed by atoms with E-state index in [0.717, 1.165) is 161 Å². The maximum absolute atomic E-state index is 12.9. The van der Waals surface area contributed by atoms with Gasteiger partial charge in [-0.1, -0.05) is 253 Å². The van der Waals surface area contributed by atoms with Gasteiger partial charge in [-0.3, -0.25) is 14.4 Å². The molecule has 448 valence electrons. The predicted octanol–water partition coefficient (Wildman–Crippen LogP) is 22.0. The Kier molecular flexibility index (Phi) is 61.6. The first-order valence-electron chi connectivity index (χ1n) is 31.6. The molecule has 0 saturated heterocycles. The van der Waals surface area contributed by atoms with Crippen LogP contribution in [0.15, 0.2) is 207 Å². The van der Waals surface area contributed by atoms with Crippen LogP contribution in [0.25, 0.3) is 0 Å². The van der Waals surface area contributed by atoms with Crippen molar-refractivity contribution in [3.05, 3.63) is 207 Å². The van der Waals surface area contributed by atoms with Gasteiger partial charge in [-0.05, 0) is 161 Å². The first-order valence-corrected chi connectivity index (χ1v) is 31.6. The molecule has 0 amide bonds. The van der Waals surface area contributed by atoms with Gasteiger partial charge in [-0.2, -0.15) is 0 Å². The zero-order valence-electron chi connectivity index (χ0n) is 51.2. The van der Waals surface area contributed by atoms with Crippen LogP contribution in [-0.2, 0) is 28.6 Å². The van der Waals surface area contributed by atoms with E-state index in [1.807, 2.05) is 0 Å². The van der Waals surface area contributed by atoms with Gasteiger partial charge in [0.25, 0.3) is 0 Å². The number of hydrogen-bond donors (Lipinski definition) is 0. The molecule has 0 aliphatic heterocycles. The minimum atomic E-state index is -0.846. The monoisotopic (exact) mass is 1110 g/mol. The second-order valence-corrected chi connectivity index (χ2v) is 19.8. The average Bonchev–Trinajstić information content (AvgIpc) is 3.47.